The number of carbonyl (C=O) groups is 1. The zero-order valence-corrected chi connectivity index (χ0v) is 12.3. The molecule has 1 aliphatic rings. The van der Waals surface area contributed by atoms with E-state index in [1.54, 1.807) is 0 Å². The van der Waals surface area contributed by atoms with Crippen LogP contribution in [0.5, 0.6) is 0 Å². The normalized spacial score (nSPS) is 17.4. The van der Waals surface area contributed by atoms with E-state index < -0.39 is 0 Å². The molecule has 2 rings (SSSR count). The molecule has 1 N–H and O–H groups in total. The molecule has 19 heavy (non-hydrogen) atoms. The summed E-state index contributed by atoms with van der Waals surface area (Å²) < 4.78 is 0. The van der Waals surface area contributed by atoms with E-state index in [9.17, 15) is 4.79 Å². The molecule has 1 atom stereocenters. The average Bonchev–Trinajstić information content (AvgIpc) is 2.93. The molecule has 0 saturated carbocycles. The monoisotopic (exact) mass is 278 g/mol. The molecule has 1 unspecified atom stereocenters. The van der Waals surface area contributed by atoms with Crippen molar-refractivity contribution >= 4 is 18.5 Å². The number of nitrogens with zero attached hydrogens (tertiary/aromatic N) is 1. The summed E-state index contributed by atoms with van der Waals surface area (Å²) >= 11 is 4.23. The first kappa shape index (κ1) is 14.4. The van der Waals surface area contributed by atoms with Gasteiger partial charge in [-0.25, -0.2) is 0 Å². The SMILES string of the molecule is CC(CNC(=O)Cc1ccc(S)cc1)N1CCCC1. The fourth-order valence-electron chi connectivity index (χ4n) is 2.43. The lowest BCUT2D eigenvalue weighted by Gasteiger charge is -2.23. The van der Waals surface area contributed by atoms with Gasteiger partial charge in [-0.05, 0) is 50.6 Å². The van der Waals surface area contributed by atoms with Crippen molar-refractivity contribution in [3.63, 3.8) is 0 Å². The zero-order chi connectivity index (χ0) is 13.7. The Bertz CT molecular complexity index is 413. The maximum absolute atomic E-state index is 11.9. The molecule has 1 amide bonds. The number of hydrogen-bond donors (Lipinski definition) is 2. The summed E-state index contributed by atoms with van der Waals surface area (Å²) in [6.45, 7) is 5.26. The number of nitrogens with one attached hydrogen (secondary N) is 1. The molecule has 1 heterocycles. The second-order valence-corrected chi connectivity index (χ2v) is 5.76. The van der Waals surface area contributed by atoms with E-state index in [-0.39, 0.29) is 5.91 Å². The van der Waals surface area contributed by atoms with Crippen molar-refractivity contribution in [2.75, 3.05) is 19.6 Å². The average molecular weight is 278 g/mol. The maximum Gasteiger partial charge on any atom is 0.224 e. The fraction of sp³-hybridized carbons (Fsp3) is 0.533. The van der Waals surface area contributed by atoms with Gasteiger partial charge in [-0.2, -0.15) is 0 Å². The van der Waals surface area contributed by atoms with Crippen LogP contribution in [0.3, 0.4) is 0 Å². The number of carbonyl (C=O) groups excluding carboxylic acids is 1. The van der Waals surface area contributed by atoms with Crippen LogP contribution < -0.4 is 5.32 Å². The summed E-state index contributed by atoms with van der Waals surface area (Å²) in [7, 11) is 0. The standard InChI is InChI=1S/C15H22N2OS/c1-12(17-8-2-3-9-17)11-16-15(18)10-13-4-6-14(19)7-5-13/h4-7,12,19H,2-3,8-11H2,1H3,(H,16,18). The second kappa shape index (κ2) is 6.96. The Hall–Kier alpha value is -1.00. The topological polar surface area (TPSA) is 32.3 Å². The highest BCUT2D eigenvalue weighted by Crippen LogP contribution is 2.11. The van der Waals surface area contributed by atoms with Gasteiger partial charge in [-0.3, -0.25) is 9.69 Å². The second-order valence-electron chi connectivity index (χ2n) is 5.24. The van der Waals surface area contributed by atoms with Gasteiger partial charge in [0.1, 0.15) is 0 Å². The molecule has 4 heteroatoms. The highest BCUT2D eigenvalue weighted by Gasteiger charge is 2.18. The van der Waals surface area contributed by atoms with Gasteiger partial charge in [0.2, 0.25) is 5.91 Å². The van der Waals surface area contributed by atoms with Gasteiger partial charge in [-0.15, -0.1) is 12.6 Å². The number of thiol groups is 1. The molecule has 0 aromatic heterocycles. The Morgan fingerprint density at radius 1 is 1.32 bits per heavy atom. The molecule has 0 aliphatic carbocycles. The highest BCUT2D eigenvalue weighted by atomic mass is 32.1. The molecular formula is C15H22N2OS. The summed E-state index contributed by atoms with van der Waals surface area (Å²) in [5.41, 5.74) is 1.03. The van der Waals surface area contributed by atoms with Crippen molar-refractivity contribution < 1.29 is 4.79 Å². The molecular weight excluding hydrogens is 256 g/mol. The van der Waals surface area contributed by atoms with Crippen LogP contribution in [-0.4, -0.2) is 36.5 Å². The number of benzene rings is 1. The Morgan fingerprint density at radius 3 is 2.58 bits per heavy atom. The maximum atomic E-state index is 11.9. The van der Waals surface area contributed by atoms with E-state index in [1.165, 1.54) is 25.9 Å². The minimum absolute atomic E-state index is 0.0953. The third-order valence-corrected chi connectivity index (χ3v) is 3.96. The summed E-state index contributed by atoms with van der Waals surface area (Å²) in [5, 5.41) is 3.02. The van der Waals surface area contributed by atoms with Gasteiger partial charge in [0, 0.05) is 17.5 Å². The summed E-state index contributed by atoms with van der Waals surface area (Å²) in [4.78, 5) is 15.2. The Kier molecular flexibility index (Phi) is 5.28. The minimum Gasteiger partial charge on any atom is -0.354 e. The third-order valence-electron chi connectivity index (χ3n) is 3.66. The quantitative estimate of drug-likeness (QED) is 0.809. The molecule has 3 nitrogen and oxygen atoms in total. The number of amides is 1. The van der Waals surface area contributed by atoms with E-state index in [2.05, 4.69) is 29.8 Å². The summed E-state index contributed by atoms with van der Waals surface area (Å²) in [5.74, 6) is 0.0953. The minimum atomic E-state index is 0.0953. The first-order chi connectivity index (χ1) is 9.15. The Morgan fingerprint density at radius 2 is 1.95 bits per heavy atom. The predicted molar refractivity (Wildman–Crippen MR) is 80.7 cm³/mol. The van der Waals surface area contributed by atoms with E-state index >= 15 is 0 Å². The first-order valence-electron chi connectivity index (χ1n) is 6.94. The number of rotatable bonds is 5. The predicted octanol–water partition coefficient (Wildman–Crippen LogP) is 2.12. The lowest BCUT2D eigenvalue weighted by atomic mass is 10.1. The highest BCUT2D eigenvalue weighted by molar-refractivity contribution is 7.80. The molecule has 0 spiro atoms. The Balaban J connectivity index is 1.73. The van der Waals surface area contributed by atoms with Crippen LogP contribution >= 0.6 is 12.6 Å². The van der Waals surface area contributed by atoms with Crippen molar-refractivity contribution in [2.45, 2.75) is 37.1 Å². The number of hydrogen-bond acceptors (Lipinski definition) is 3. The van der Waals surface area contributed by atoms with E-state index in [0.29, 0.717) is 12.5 Å². The molecule has 104 valence electrons. The van der Waals surface area contributed by atoms with Gasteiger partial charge in [0.05, 0.1) is 6.42 Å². The Labute approximate surface area is 120 Å². The van der Waals surface area contributed by atoms with Gasteiger partial charge < -0.3 is 5.32 Å². The van der Waals surface area contributed by atoms with Crippen molar-refractivity contribution in [1.29, 1.82) is 0 Å². The largest absolute Gasteiger partial charge is 0.354 e. The zero-order valence-electron chi connectivity index (χ0n) is 11.4. The lowest BCUT2D eigenvalue weighted by Crippen LogP contribution is -2.41. The van der Waals surface area contributed by atoms with Crippen molar-refractivity contribution in [3.8, 4) is 0 Å². The van der Waals surface area contributed by atoms with Crippen LogP contribution in [0.25, 0.3) is 0 Å². The van der Waals surface area contributed by atoms with Gasteiger partial charge in [0.25, 0.3) is 0 Å². The summed E-state index contributed by atoms with van der Waals surface area (Å²) in [6, 6.07) is 8.17. The van der Waals surface area contributed by atoms with E-state index in [1.807, 2.05) is 24.3 Å². The van der Waals surface area contributed by atoms with Crippen molar-refractivity contribution in [1.82, 2.24) is 10.2 Å². The van der Waals surface area contributed by atoms with Crippen molar-refractivity contribution in [2.24, 2.45) is 0 Å². The molecule has 1 saturated heterocycles. The smallest absolute Gasteiger partial charge is 0.224 e. The molecule has 0 bridgehead atoms. The van der Waals surface area contributed by atoms with Crippen molar-refractivity contribution in [3.05, 3.63) is 29.8 Å². The van der Waals surface area contributed by atoms with Crippen LogP contribution in [0.2, 0.25) is 0 Å². The lowest BCUT2D eigenvalue weighted by molar-refractivity contribution is -0.120. The van der Waals surface area contributed by atoms with Crippen LogP contribution in [0.1, 0.15) is 25.3 Å². The molecule has 1 aromatic carbocycles. The number of likely N-dealkylation sites (tertiary alicyclic amines) is 1. The van der Waals surface area contributed by atoms with Gasteiger partial charge >= 0.3 is 0 Å². The van der Waals surface area contributed by atoms with Gasteiger partial charge in [-0.1, -0.05) is 12.1 Å². The molecule has 0 radical (unpaired) electrons. The third kappa shape index (κ3) is 4.55. The van der Waals surface area contributed by atoms with Crippen LogP contribution in [-0.2, 0) is 11.2 Å². The van der Waals surface area contributed by atoms with Crippen LogP contribution in [0.4, 0.5) is 0 Å². The van der Waals surface area contributed by atoms with Crippen LogP contribution in [0.15, 0.2) is 29.2 Å². The summed E-state index contributed by atoms with van der Waals surface area (Å²) in [6.07, 6.45) is 3.02. The van der Waals surface area contributed by atoms with Crippen LogP contribution in [0, 0.1) is 0 Å². The molecule has 1 aliphatic heterocycles. The van der Waals surface area contributed by atoms with E-state index in [4.69, 9.17) is 0 Å². The first-order valence-corrected chi connectivity index (χ1v) is 7.38. The molecule has 1 fully saturated rings. The van der Waals surface area contributed by atoms with E-state index in [0.717, 1.165) is 17.0 Å². The fourth-order valence-corrected chi connectivity index (χ4v) is 2.58. The van der Waals surface area contributed by atoms with Gasteiger partial charge in [0.15, 0.2) is 0 Å². The molecule has 1 aromatic rings.